The maximum absolute atomic E-state index is 11.6. The van der Waals surface area contributed by atoms with E-state index in [2.05, 4.69) is 4.72 Å². The molecule has 2 N–H and O–H groups in total. The zero-order valence-electron chi connectivity index (χ0n) is 10.1. The topological polar surface area (TPSA) is 92.7 Å². The summed E-state index contributed by atoms with van der Waals surface area (Å²) in [6.07, 6.45) is 0.844. The Morgan fingerprint density at radius 2 is 2.18 bits per heavy atom. The van der Waals surface area contributed by atoms with Crippen molar-refractivity contribution in [3.05, 3.63) is 0 Å². The second-order valence-electron chi connectivity index (χ2n) is 4.88. The molecule has 0 aromatic carbocycles. The van der Waals surface area contributed by atoms with Gasteiger partial charge in [-0.25, -0.2) is 13.1 Å². The molecule has 0 aromatic heterocycles. The first-order valence-corrected chi connectivity index (χ1v) is 7.21. The highest BCUT2D eigenvalue weighted by molar-refractivity contribution is 7.89. The quantitative estimate of drug-likeness (QED) is 0.747. The minimum Gasteiger partial charge on any atom is -0.481 e. The second-order valence-corrected chi connectivity index (χ2v) is 6.75. The maximum atomic E-state index is 11.6. The smallest absolute Gasteiger partial charge is 0.304 e. The molecule has 7 heteroatoms. The van der Waals surface area contributed by atoms with E-state index in [1.54, 1.807) is 0 Å². The van der Waals surface area contributed by atoms with Crippen molar-refractivity contribution in [1.29, 1.82) is 0 Å². The van der Waals surface area contributed by atoms with E-state index in [-0.39, 0.29) is 23.8 Å². The van der Waals surface area contributed by atoms with Crippen LogP contribution in [-0.4, -0.2) is 43.5 Å². The molecule has 0 aromatic rings. The van der Waals surface area contributed by atoms with Crippen LogP contribution in [-0.2, 0) is 19.6 Å². The highest BCUT2D eigenvalue weighted by Gasteiger charge is 2.31. The lowest BCUT2D eigenvalue weighted by Crippen LogP contribution is -2.46. The Morgan fingerprint density at radius 1 is 1.53 bits per heavy atom. The molecule has 6 nitrogen and oxygen atoms in total. The summed E-state index contributed by atoms with van der Waals surface area (Å²) in [5.74, 6) is -1.48. The van der Waals surface area contributed by atoms with Gasteiger partial charge in [0.1, 0.15) is 0 Å². The van der Waals surface area contributed by atoms with Gasteiger partial charge in [0.2, 0.25) is 10.0 Å². The van der Waals surface area contributed by atoms with Crippen molar-refractivity contribution in [2.45, 2.75) is 44.8 Å². The molecule has 1 aliphatic heterocycles. The summed E-state index contributed by atoms with van der Waals surface area (Å²) in [6, 6.07) is -0.169. The van der Waals surface area contributed by atoms with Crippen molar-refractivity contribution in [2.24, 2.45) is 0 Å². The first-order valence-electron chi connectivity index (χ1n) is 5.56. The zero-order chi connectivity index (χ0) is 13.1. The minimum absolute atomic E-state index is 0.169. The van der Waals surface area contributed by atoms with Crippen LogP contribution in [0.2, 0.25) is 0 Å². The van der Waals surface area contributed by atoms with E-state index < -0.39 is 16.0 Å². The van der Waals surface area contributed by atoms with Crippen molar-refractivity contribution in [2.75, 3.05) is 12.4 Å². The molecule has 1 aliphatic rings. The zero-order valence-corrected chi connectivity index (χ0v) is 10.9. The molecular formula is C10H19NO5S. The van der Waals surface area contributed by atoms with Crippen LogP contribution in [0.5, 0.6) is 0 Å². The first kappa shape index (κ1) is 14.4. The van der Waals surface area contributed by atoms with Gasteiger partial charge in [0, 0.05) is 12.6 Å². The van der Waals surface area contributed by atoms with Gasteiger partial charge in [0.05, 0.1) is 17.8 Å². The predicted octanol–water partition coefficient (Wildman–Crippen LogP) is 0.338. The number of ether oxygens (including phenoxy) is 1. The third kappa shape index (κ3) is 5.47. The fraction of sp³-hybridized carbons (Fsp3) is 0.900. The lowest BCUT2D eigenvalue weighted by molar-refractivity contribution is -0.136. The molecule has 1 heterocycles. The molecule has 0 radical (unpaired) electrons. The van der Waals surface area contributed by atoms with Gasteiger partial charge in [-0.2, -0.15) is 0 Å². The number of carboxylic acid groups (broad SMARTS) is 1. The van der Waals surface area contributed by atoms with Crippen LogP contribution in [0.4, 0.5) is 0 Å². The standard InChI is InChI=1S/C10H19NO5S/c1-10(2)7-8(3-5-16-10)11-17(14,15)6-4-9(12)13/h8,11H,3-7H2,1-2H3,(H,12,13). The number of nitrogens with one attached hydrogen (secondary N) is 1. The lowest BCUT2D eigenvalue weighted by Gasteiger charge is -2.35. The number of aliphatic carboxylic acids is 1. The van der Waals surface area contributed by atoms with Crippen LogP contribution in [0.25, 0.3) is 0 Å². The number of carboxylic acids is 1. The fourth-order valence-corrected chi connectivity index (χ4v) is 3.14. The molecule has 100 valence electrons. The monoisotopic (exact) mass is 265 g/mol. The van der Waals surface area contributed by atoms with E-state index in [4.69, 9.17) is 9.84 Å². The number of rotatable bonds is 5. The van der Waals surface area contributed by atoms with Crippen molar-refractivity contribution in [3.63, 3.8) is 0 Å². The molecule has 1 atom stereocenters. The Balaban J connectivity index is 2.50. The maximum Gasteiger partial charge on any atom is 0.304 e. The predicted molar refractivity (Wildman–Crippen MR) is 62.2 cm³/mol. The van der Waals surface area contributed by atoms with Crippen LogP contribution in [0, 0.1) is 0 Å². The minimum atomic E-state index is -3.51. The summed E-state index contributed by atoms with van der Waals surface area (Å²) in [6.45, 7) is 4.33. The lowest BCUT2D eigenvalue weighted by atomic mass is 9.95. The van der Waals surface area contributed by atoms with Gasteiger partial charge in [-0.15, -0.1) is 0 Å². The fourth-order valence-electron chi connectivity index (χ4n) is 1.87. The third-order valence-corrected chi connectivity index (χ3v) is 4.06. The Labute approximate surface area is 101 Å². The summed E-state index contributed by atoms with van der Waals surface area (Å²) >= 11 is 0. The highest BCUT2D eigenvalue weighted by atomic mass is 32.2. The molecule has 0 bridgehead atoms. The van der Waals surface area contributed by atoms with Crippen LogP contribution < -0.4 is 4.72 Å². The molecule has 1 fully saturated rings. The highest BCUT2D eigenvalue weighted by Crippen LogP contribution is 2.24. The van der Waals surface area contributed by atoms with Crippen molar-refractivity contribution in [1.82, 2.24) is 4.72 Å². The van der Waals surface area contributed by atoms with E-state index in [9.17, 15) is 13.2 Å². The summed E-state index contributed by atoms with van der Waals surface area (Å²) in [5, 5.41) is 8.45. The van der Waals surface area contributed by atoms with Crippen LogP contribution in [0.1, 0.15) is 33.1 Å². The SMILES string of the molecule is CC1(C)CC(NS(=O)(=O)CCC(=O)O)CCO1. The van der Waals surface area contributed by atoms with Gasteiger partial charge in [-0.3, -0.25) is 4.79 Å². The largest absolute Gasteiger partial charge is 0.481 e. The molecule has 0 saturated carbocycles. The Hall–Kier alpha value is -0.660. The Morgan fingerprint density at radius 3 is 2.71 bits per heavy atom. The van der Waals surface area contributed by atoms with Crippen LogP contribution in [0.3, 0.4) is 0 Å². The van der Waals surface area contributed by atoms with E-state index in [0.29, 0.717) is 19.4 Å². The average Bonchev–Trinajstić information content (AvgIpc) is 2.12. The van der Waals surface area contributed by atoms with Crippen LogP contribution >= 0.6 is 0 Å². The average molecular weight is 265 g/mol. The summed E-state index contributed by atoms with van der Waals surface area (Å²) in [7, 11) is -3.51. The molecule has 0 amide bonds. The molecule has 17 heavy (non-hydrogen) atoms. The van der Waals surface area contributed by atoms with Crippen molar-refractivity contribution in [3.8, 4) is 0 Å². The summed E-state index contributed by atoms with van der Waals surface area (Å²) in [4.78, 5) is 10.3. The van der Waals surface area contributed by atoms with Crippen molar-refractivity contribution >= 4 is 16.0 Å². The molecule has 0 spiro atoms. The first-order chi connectivity index (χ1) is 7.70. The molecule has 0 aliphatic carbocycles. The van der Waals surface area contributed by atoms with E-state index in [0.717, 1.165) is 0 Å². The Kier molecular flexibility index (Phi) is 4.51. The van der Waals surface area contributed by atoms with E-state index in [1.807, 2.05) is 13.8 Å². The molecule has 1 saturated heterocycles. The van der Waals surface area contributed by atoms with E-state index >= 15 is 0 Å². The van der Waals surface area contributed by atoms with Gasteiger partial charge >= 0.3 is 5.97 Å². The van der Waals surface area contributed by atoms with Crippen LogP contribution in [0.15, 0.2) is 0 Å². The van der Waals surface area contributed by atoms with Gasteiger partial charge in [0.15, 0.2) is 0 Å². The number of hydrogen-bond donors (Lipinski definition) is 2. The third-order valence-electron chi connectivity index (χ3n) is 2.63. The normalized spacial score (nSPS) is 24.5. The molecule has 1 unspecified atom stereocenters. The van der Waals surface area contributed by atoms with Gasteiger partial charge in [-0.05, 0) is 26.7 Å². The van der Waals surface area contributed by atoms with Gasteiger partial charge < -0.3 is 9.84 Å². The summed E-state index contributed by atoms with van der Waals surface area (Å²) in [5.41, 5.74) is -0.335. The summed E-state index contributed by atoms with van der Waals surface area (Å²) < 4.78 is 31.2. The van der Waals surface area contributed by atoms with Gasteiger partial charge in [0.25, 0.3) is 0 Å². The second kappa shape index (κ2) is 5.32. The Bertz CT molecular complexity index is 376. The number of sulfonamides is 1. The molecular weight excluding hydrogens is 246 g/mol. The molecule has 1 rings (SSSR count). The van der Waals surface area contributed by atoms with Gasteiger partial charge in [-0.1, -0.05) is 0 Å². The van der Waals surface area contributed by atoms with Crippen molar-refractivity contribution < 1.29 is 23.1 Å². The van der Waals surface area contributed by atoms with E-state index in [1.165, 1.54) is 0 Å². The number of hydrogen-bond acceptors (Lipinski definition) is 4. The number of carbonyl (C=O) groups is 1.